The molecule has 1 N–H and O–H groups in total. The Hall–Kier alpha value is -1.61. The SMILES string of the molecule is Cc1ccc(C)n1-c1ncccc1[C@@H]1CCCCN1. The highest BCUT2D eigenvalue weighted by Gasteiger charge is 2.20. The maximum atomic E-state index is 4.64. The number of nitrogens with one attached hydrogen (secondary N) is 1. The van der Waals surface area contributed by atoms with Crippen molar-refractivity contribution in [3.05, 3.63) is 47.4 Å². The van der Waals surface area contributed by atoms with Crippen molar-refractivity contribution in [1.29, 1.82) is 0 Å². The molecule has 1 fully saturated rings. The Morgan fingerprint density at radius 3 is 2.63 bits per heavy atom. The van der Waals surface area contributed by atoms with E-state index in [-0.39, 0.29) is 0 Å². The highest BCUT2D eigenvalue weighted by molar-refractivity contribution is 5.40. The number of aryl methyl sites for hydroxylation is 2. The van der Waals surface area contributed by atoms with E-state index in [1.807, 2.05) is 12.3 Å². The van der Waals surface area contributed by atoms with Crippen LogP contribution in [0.15, 0.2) is 30.5 Å². The van der Waals surface area contributed by atoms with Crippen molar-refractivity contribution in [2.75, 3.05) is 6.54 Å². The fourth-order valence-corrected chi connectivity index (χ4v) is 2.99. The largest absolute Gasteiger partial charge is 0.310 e. The molecule has 3 rings (SSSR count). The van der Waals surface area contributed by atoms with Gasteiger partial charge in [0.25, 0.3) is 0 Å². The predicted molar refractivity (Wildman–Crippen MR) is 77.6 cm³/mol. The van der Waals surface area contributed by atoms with Gasteiger partial charge in [-0.2, -0.15) is 0 Å². The molecule has 2 aromatic rings. The van der Waals surface area contributed by atoms with Gasteiger partial charge in [0.15, 0.2) is 0 Å². The zero-order valence-corrected chi connectivity index (χ0v) is 11.7. The molecule has 0 radical (unpaired) electrons. The molecule has 0 aliphatic carbocycles. The molecule has 3 nitrogen and oxygen atoms in total. The summed E-state index contributed by atoms with van der Waals surface area (Å²) in [5.41, 5.74) is 3.81. The lowest BCUT2D eigenvalue weighted by atomic mass is 9.98. The van der Waals surface area contributed by atoms with Gasteiger partial charge in [0, 0.05) is 29.2 Å². The highest BCUT2D eigenvalue weighted by atomic mass is 15.1. The minimum Gasteiger partial charge on any atom is -0.310 e. The van der Waals surface area contributed by atoms with Gasteiger partial charge >= 0.3 is 0 Å². The zero-order valence-electron chi connectivity index (χ0n) is 11.7. The molecule has 1 aliphatic rings. The van der Waals surface area contributed by atoms with Crippen LogP contribution in [-0.4, -0.2) is 16.1 Å². The summed E-state index contributed by atoms with van der Waals surface area (Å²) in [4.78, 5) is 4.64. The van der Waals surface area contributed by atoms with Crippen LogP contribution in [0.1, 0.15) is 42.3 Å². The molecule has 100 valence electrons. The van der Waals surface area contributed by atoms with E-state index in [1.54, 1.807) is 0 Å². The van der Waals surface area contributed by atoms with Gasteiger partial charge in [0.1, 0.15) is 5.82 Å². The number of hydrogen-bond acceptors (Lipinski definition) is 2. The molecular formula is C16H21N3. The number of piperidine rings is 1. The van der Waals surface area contributed by atoms with E-state index in [9.17, 15) is 0 Å². The van der Waals surface area contributed by atoms with E-state index in [0.717, 1.165) is 12.4 Å². The van der Waals surface area contributed by atoms with Crippen LogP contribution >= 0.6 is 0 Å². The van der Waals surface area contributed by atoms with Crippen molar-refractivity contribution in [2.24, 2.45) is 0 Å². The standard InChI is InChI=1S/C16H21N3/c1-12-8-9-13(2)19(12)16-14(6-5-11-18-16)15-7-3-4-10-17-15/h5-6,8-9,11,15,17H,3-4,7,10H2,1-2H3/t15-/m0/s1. The van der Waals surface area contributed by atoms with E-state index < -0.39 is 0 Å². The first-order chi connectivity index (χ1) is 9.27. The third kappa shape index (κ3) is 2.30. The third-order valence-corrected chi connectivity index (χ3v) is 3.99. The minimum absolute atomic E-state index is 0.443. The lowest BCUT2D eigenvalue weighted by Crippen LogP contribution is -2.28. The van der Waals surface area contributed by atoms with Gasteiger partial charge < -0.3 is 9.88 Å². The molecular weight excluding hydrogens is 234 g/mol. The molecule has 19 heavy (non-hydrogen) atoms. The lowest BCUT2D eigenvalue weighted by molar-refractivity contribution is 0.410. The summed E-state index contributed by atoms with van der Waals surface area (Å²) < 4.78 is 2.26. The van der Waals surface area contributed by atoms with Crippen molar-refractivity contribution in [3.63, 3.8) is 0 Å². The average molecular weight is 255 g/mol. The van der Waals surface area contributed by atoms with Crippen LogP contribution in [0.5, 0.6) is 0 Å². The summed E-state index contributed by atoms with van der Waals surface area (Å²) in [6.45, 7) is 5.39. The van der Waals surface area contributed by atoms with Gasteiger partial charge in [-0.1, -0.05) is 12.5 Å². The molecule has 1 atom stereocenters. The van der Waals surface area contributed by atoms with Crippen molar-refractivity contribution in [3.8, 4) is 5.82 Å². The first kappa shape index (κ1) is 12.4. The number of rotatable bonds is 2. The van der Waals surface area contributed by atoms with Crippen LogP contribution in [0.2, 0.25) is 0 Å². The molecule has 0 saturated carbocycles. The smallest absolute Gasteiger partial charge is 0.141 e. The van der Waals surface area contributed by atoms with Crippen LogP contribution in [0.4, 0.5) is 0 Å². The van der Waals surface area contributed by atoms with Gasteiger partial charge in [0.05, 0.1) is 0 Å². The van der Waals surface area contributed by atoms with Crippen molar-refractivity contribution < 1.29 is 0 Å². The molecule has 0 aromatic carbocycles. The Labute approximate surface area is 114 Å². The summed E-state index contributed by atoms with van der Waals surface area (Å²) in [7, 11) is 0. The molecule has 0 spiro atoms. The average Bonchev–Trinajstić information content (AvgIpc) is 2.79. The van der Waals surface area contributed by atoms with Gasteiger partial charge in [-0.25, -0.2) is 4.98 Å². The van der Waals surface area contributed by atoms with E-state index in [2.05, 4.69) is 46.9 Å². The summed E-state index contributed by atoms with van der Waals surface area (Å²) in [6.07, 6.45) is 5.68. The van der Waals surface area contributed by atoms with Gasteiger partial charge in [-0.05, 0) is 51.4 Å². The molecule has 3 heteroatoms. The second kappa shape index (κ2) is 5.17. The van der Waals surface area contributed by atoms with Crippen molar-refractivity contribution in [2.45, 2.75) is 39.2 Å². The monoisotopic (exact) mass is 255 g/mol. The van der Waals surface area contributed by atoms with E-state index in [1.165, 1.54) is 36.2 Å². The topological polar surface area (TPSA) is 29.9 Å². The molecule has 1 aliphatic heterocycles. The normalized spacial score (nSPS) is 19.6. The molecule has 3 heterocycles. The van der Waals surface area contributed by atoms with Crippen molar-refractivity contribution >= 4 is 0 Å². The highest BCUT2D eigenvalue weighted by Crippen LogP contribution is 2.28. The second-order valence-electron chi connectivity index (χ2n) is 5.37. The summed E-state index contributed by atoms with van der Waals surface area (Å²) >= 11 is 0. The van der Waals surface area contributed by atoms with Gasteiger partial charge in [-0.15, -0.1) is 0 Å². The lowest BCUT2D eigenvalue weighted by Gasteiger charge is -2.26. The third-order valence-electron chi connectivity index (χ3n) is 3.99. The Morgan fingerprint density at radius 2 is 1.95 bits per heavy atom. The first-order valence-electron chi connectivity index (χ1n) is 7.11. The minimum atomic E-state index is 0.443. The van der Waals surface area contributed by atoms with Crippen molar-refractivity contribution in [1.82, 2.24) is 14.9 Å². The van der Waals surface area contributed by atoms with Crippen LogP contribution in [0, 0.1) is 13.8 Å². The Bertz CT molecular complexity index is 546. The van der Waals surface area contributed by atoms with E-state index >= 15 is 0 Å². The van der Waals surface area contributed by atoms with Crippen LogP contribution in [0.3, 0.4) is 0 Å². The van der Waals surface area contributed by atoms with Gasteiger partial charge in [0.2, 0.25) is 0 Å². The Balaban J connectivity index is 2.06. The number of aromatic nitrogens is 2. The Kier molecular flexibility index (Phi) is 3.38. The number of pyridine rings is 1. The maximum Gasteiger partial charge on any atom is 0.141 e. The van der Waals surface area contributed by atoms with E-state index in [0.29, 0.717) is 6.04 Å². The fourth-order valence-electron chi connectivity index (χ4n) is 2.99. The summed E-state index contributed by atoms with van der Waals surface area (Å²) in [5, 5.41) is 3.62. The van der Waals surface area contributed by atoms with Crippen LogP contribution in [0.25, 0.3) is 5.82 Å². The number of hydrogen-bond donors (Lipinski definition) is 1. The molecule has 2 aromatic heterocycles. The van der Waals surface area contributed by atoms with Crippen LogP contribution < -0.4 is 5.32 Å². The quantitative estimate of drug-likeness (QED) is 0.892. The van der Waals surface area contributed by atoms with Gasteiger partial charge in [-0.3, -0.25) is 0 Å². The first-order valence-corrected chi connectivity index (χ1v) is 7.11. The zero-order chi connectivity index (χ0) is 13.2. The number of nitrogens with zero attached hydrogens (tertiary/aromatic N) is 2. The van der Waals surface area contributed by atoms with E-state index in [4.69, 9.17) is 0 Å². The predicted octanol–water partition coefficient (Wildman–Crippen LogP) is 3.30. The molecule has 0 unspecified atom stereocenters. The summed E-state index contributed by atoms with van der Waals surface area (Å²) in [5.74, 6) is 1.09. The second-order valence-corrected chi connectivity index (χ2v) is 5.37. The van der Waals surface area contributed by atoms with Crippen LogP contribution in [-0.2, 0) is 0 Å². The Morgan fingerprint density at radius 1 is 1.16 bits per heavy atom. The maximum absolute atomic E-state index is 4.64. The fraction of sp³-hybridized carbons (Fsp3) is 0.438. The molecule has 0 bridgehead atoms. The molecule has 0 amide bonds. The summed E-state index contributed by atoms with van der Waals surface area (Å²) in [6, 6.07) is 9.01. The molecule has 1 saturated heterocycles.